The van der Waals surface area contributed by atoms with Gasteiger partial charge in [-0.05, 0) is 26.7 Å². The van der Waals surface area contributed by atoms with Crippen LogP contribution in [0.1, 0.15) is 46.0 Å². The van der Waals surface area contributed by atoms with Crippen LogP contribution in [0.5, 0.6) is 0 Å². The van der Waals surface area contributed by atoms with Gasteiger partial charge in [0.2, 0.25) is 0 Å². The van der Waals surface area contributed by atoms with E-state index in [-0.39, 0.29) is 5.97 Å². The number of ether oxygens (including phenoxy) is 1. The molecule has 0 rings (SSSR count). The van der Waals surface area contributed by atoms with E-state index < -0.39 is 0 Å². The molecule has 0 aromatic carbocycles. The van der Waals surface area contributed by atoms with Crippen molar-refractivity contribution < 1.29 is 9.53 Å². The molecular formula is C13H27N3O2. The minimum atomic E-state index is -0.126. The first kappa shape index (κ1) is 16.7. The van der Waals surface area contributed by atoms with Gasteiger partial charge >= 0.3 is 5.97 Å². The smallest absolute Gasteiger partial charge is 0.305 e. The Kier molecular flexibility index (Phi) is 10.1. The number of hydrogen-bond donors (Lipinski definition) is 1. The van der Waals surface area contributed by atoms with E-state index in [2.05, 4.69) is 23.6 Å². The summed E-state index contributed by atoms with van der Waals surface area (Å²) in [7, 11) is 1.42. The maximum atomic E-state index is 10.9. The molecule has 18 heavy (non-hydrogen) atoms. The zero-order valence-corrected chi connectivity index (χ0v) is 11.9. The molecule has 5 heteroatoms. The number of hydrogen-bond acceptors (Lipinski definition) is 3. The van der Waals surface area contributed by atoms with Gasteiger partial charge in [0.1, 0.15) is 0 Å². The molecule has 0 unspecified atom stereocenters. The van der Waals surface area contributed by atoms with Crippen LogP contribution in [0.15, 0.2) is 4.99 Å². The highest BCUT2D eigenvalue weighted by molar-refractivity contribution is 5.77. The molecule has 0 aliphatic rings. The Bertz CT molecular complexity index is 251. The number of unbranched alkanes of at least 4 members (excludes halogenated alkanes) is 3. The summed E-state index contributed by atoms with van der Waals surface area (Å²) in [6.45, 7) is 6.69. The third-order valence-corrected chi connectivity index (χ3v) is 2.88. The average Bonchev–Trinajstić information content (AvgIpc) is 2.38. The highest BCUT2D eigenvalue weighted by atomic mass is 16.5. The van der Waals surface area contributed by atoms with E-state index >= 15 is 0 Å². The van der Waals surface area contributed by atoms with Gasteiger partial charge in [-0.3, -0.25) is 9.79 Å². The summed E-state index contributed by atoms with van der Waals surface area (Å²) < 4.78 is 4.58. The first-order valence-corrected chi connectivity index (χ1v) is 6.77. The first-order chi connectivity index (χ1) is 8.65. The number of guanidine groups is 1. The number of nitrogens with two attached hydrogens (primary N) is 1. The van der Waals surface area contributed by atoms with Gasteiger partial charge in [0.15, 0.2) is 5.96 Å². The Morgan fingerprint density at radius 3 is 2.33 bits per heavy atom. The standard InChI is InChI=1S/C13H27N3O2/c1-4-16(5-2)13(14)15-11-9-7-6-8-10-12(17)18-3/h4-11H2,1-3H3,(H2,14,15). The van der Waals surface area contributed by atoms with Crippen molar-refractivity contribution in [1.82, 2.24) is 4.90 Å². The van der Waals surface area contributed by atoms with Gasteiger partial charge in [0, 0.05) is 26.1 Å². The molecule has 106 valence electrons. The summed E-state index contributed by atoms with van der Waals surface area (Å²) in [5.74, 6) is 0.508. The van der Waals surface area contributed by atoms with Crippen molar-refractivity contribution >= 4 is 11.9 Å². The zero-order chi connectivity index (χ0) is 13.8. The molecule has 0 amide bonds. The second-order valence-electron chi connectivity index (χ2n) is 4.15. The minimum Gasteiger partial charge on any atom is -0.469 e. The number of carbonyl (C=O) groups is 1. The lowest BCUT2D eigenvalue weighted by molar-refractivity contribution is -0.140. The largest absolute Gasteiger partial charge is 0.469 e. The molecule has 0 fully saturated rings. The monoisotopic (exact) mass is 257 g/mol. The molecule has 0 spiro atoms. The second-order valence-corrected chi connectivity index (χ2v) is 4.15. The fourth-order valence-corrected chi connectivity index (χ4v) is 1.68. The first-order valence-electron chi connectivity index (χ1n) is 6.77. The van der Waals surface area contributed by atoms with E-state index in [4.69, 9.17) is 5.73 Å². The predicted molar refractivity (Wildman–Crippen MR) is 74.5 cm³/mol. The van der Waals surface area contributed by atoms with E-state index in [0.717, 1.165) is 45.3 Å². The number of methoxy groups -OCH3 is 1. The predicted octanol–water partition coefficient (Wildman–Crippen LogP) is 1.77. The van der Waals surface area contributed by atoms with Crippen molar-refractivity contribution in [2.24, 2.45) is 10.7 Å². The molecule has 0 atom stereocenters. The van der Waals surface area contributed by atoms with Gasteiger partial charge in [0.05, 0.1) is 7.11 Å². The normalized spacial score (nSPS) is 11.4. The van der Waals surface area contributed by atoms with Gasteiger partial charge in [0.25, 0.3) is 0 Å². The molecule has 0 aliphatic carbocycles. The molecule has 0 bridgehead atoms. The number of esters is 1. The minimum absolute atomic E-state index is 0.126. The van der Waals surface area contributed by atoms with Crippen LogP contribution < -0.4 is 5.73 Å². The number of carbonyl (C=O) groups excluding carboxylic acids is 1. The maximum Gasteiger partial charge on any atom is 0.305 e. The van der Waals surface area contributed by atoms with Crippen LogP contribution in [0, 0.1) is 0 Å². The van der Waals surface area contributed by atoms with E-state index in [1.807, 2.05) is 4.90 Å². The Balaban J connectivity index is 3.55. The molecule has 0 saturated heterocycles. The molecular weight excluding hydrogens is 230 g/mol. The van der Waals surface area contributed by atoms with Crippen molar-refractivity contribution in [1.29, 1.82) is 0 Å². The van der Waals surface area contributed by atoms with Crippen LogP contribution in [0.2, 0.25) is 0 Å². The Labute approximate surface area is 110 Å². The number of rotatable bonds is 9. The van der Waals surface area contributed by atoms with E-state index in [9.17, 15) is 4.79 Å². The summed E-state index contributed by atoms with van der Waals surface area (Å²) in [4.78, 5) is 17.2. The molecule has 0 heterocycles. The quantitative estimate of drug-likeness (QED) is 0.296. The van der Waals surface area contributed by atoms with Gasteiger partial charge in [-0.25, -0.2) is 0 Å². The molecule has 0 aromatic rings. The Morgan fingerprint density at radius 2 is 1.78 bits per heavy atom. The third-order valence-electron chi connectivity index (χ3n) is 2.88. The lowest BCUT2D eigenvalue weighted by Crippen LogP contribution is -2.37. The molecule has 0 aliphatic heterocycles. The van der Waals surface area contributed by atoms with Crippen molar-refractivity contribution in [3.8, 4) is 0 Å². The molecule has 5 nitrogen and oxygen atoms in total. The lowest BCUT2D eigenvalue weighted by Gasteiger charge is -2.19. The van der Waals surface area contributed by atoms with Crippen LogP contribution in [0.3, 0.4) is 0 Å². The fraction of sp³-hybridized carbons (Fsp3) is 0.846. The van der Waals surface area contributed by atoms with Crippen LogP contribution in [0.4, 0.5) is 0 Å². The Hall–Kier alpha value is -1.26. The van der Waals surface area contributed by atoms with Gasteiger partial charge < -0.3 is 15.4 Å². The highest BCUT2D eigenvalue weighted by Gasteiger charge is 2.01. The van der Waals surface area contributed by atoms with Crippen LogP contribution >= 0.6 is 0 Å². The number of nitrogens with zero attached hydrogens (tertiary/aromatic N) is 2. The zero-order valence-electron chi connectivity index (χ0n) is 11.9. The number of aliphatic imine (C=N–C) groups is 1. The lowest BCUT2D eigenvalue weighted by atomic mass is 10.1. The van der Waals surface area contributed by atoms with Crippen LogP contribution in [-0.4, -0.2) is 43.6 Å². The summed E-state index contributed by atoms with van der Waals surface area (Å²) in [6, 6.07) is 0. The molecule has 0 radical (unpaired) electrons. The highest BCUT2D eigenvalue weighted by Crippen LogP contribution is 2.04. The van der Waals surface area contributed by atoms with Crippen LogP contribution in [-0.2, 0) is 9.53 Å². The SMILES string of the molecule is CCN(CC)C(N)=NCCCCCCC(=O)OC. The van der Waals surface area contributed by atoms with Gasteiger partial charge in [-0.15, -0.1) is 0 Å². The topological polar surface area (TPSA) is 67.9 Å². The summed E-state index contributed by atoms with van der Waals surface area (Å²) >= 11 is 0. The van der Waals surface area contributed by atoms with E-state index in [1.165, 1.54) is 7.11 Å². The van der Waals surface area contributed by atoms with Crippen molar-refractivity contribution in [2.45, 2.75) is 46.0 Å². The van der Waals surface area contributed by atoms with Gasteiger partial charge in [-0.1, -0.05) is 12.8 Å². The van der Waals surface area contributed by atoms with E-state index in [1.54, 1.807) is 0 Å². The summed E-state index contributed by atoms with van der Waals surface area (Å²) in [6.07, 6.45) is 4.54. The average molecular weight is 257 g/mol. The molecule has 2 N–H and O–H groups in total. The van der Waals surface area contributed by atoms with Crippen molar-refractivity contribution in [2.75, 3.05) is 26.7 Å². The fourth-order valence-electron chi connectivity index (χ4n) is 1.68. The molecule has 0 aromatic heterocycles. The van der Waals surface area contributed by atoms with Gasteiger partial charge in [-0.2, -0.15) is 0 Å². The second kappa shape index (κ2) is 10.9. The summed E-state index contributed by atoms with van der Waals surface area (Å²) in [5, 5.41) is 0. The Morgan fingerprint density at radius 1 is 1.17 bits per heavy atom. The van der Waals surface area contributed by atoms with E-state index in [0.29, 0.717) is 12.4 Å². The van der Waals surface area contributed by atoms with Crippen LogP contribution in [0.25, 0.3) is 0 Å². The summed E-state index contributed by atoms with van der Waals surface area (Å²) in [5.41, 5.74) is 5.85. The molecule has 0 saturated carbocycles. The van der Waals surface area contributed by atoms with Crippen molar-refractivity contribution in [3.05, 3.63) is 0 Å². The van der Waals surface area contributed by atoms with Crippen molar-refractivity contribution in [3.63, 3.8) is 0 Å². The third kappa shape index (κ3) is 7.92. The maximum absolute atomic E-state index is 10.9.